The maximum absolute atomic E-state index is 12.7. The van der Waals surface area contributed by atoms with Gasteiger partial charge in [0.05, 0.1) is 23.8 Å². The van der Waals surface area contributed by atoms with Crippen molar-refractivity contribution in [3.63, 3.8) is 0 Å². The third-order valence-corrected chi connectivity index (χ3v) is 4.32. The van der Waals surface area contributed by atoms with Gasteiger partial charge >= 0.3 is 5.97 Å². The first kappa shape index (κ1) is 16.6. The van der Waals surface area contributed by atoms with Crippen LogP contribution in [0.25, 0.3) is 22.2 Å². The number of methoxy groups -OCH3 is 1. The highest BCUT2D eigenvalue weighted by atomic mass is 16.5. The number of carboxylic acids is 1. The summed E-state index contributed by atoms with van der Waals surface area (Å²) >= 11 is 0. The standard InChI is InChI=1S/C20H13NO6/c1-26-11-8-6-10(7-9-11)14-15(20(24)25)16-19(18(23)17(14)22)27-13-5-3-2-4-12(13)21-16/h2-9,21H,1H3,(H,24,25). The van der Waals surface area contributed by atoms with Crippen molar-refractivity contribution in [3.8, 4) is 16.9 Å². The molecule has 4 rings (SSSR count). The molecule has 7 nitrogen and oxygen atoms in total. The molecule has 2 aromatic rings. The van der Waals surface area contributed by atoms with Crippen molar-refractivity contribution >= 4 is 17.1 Å². The summed E-state index contributed by atoms with van der Waals surface area (Å²) < 4.78 is 10.6. The Morgan fingerprint density at radius 2 is 1.74 bits per heavy atom. The Labute approximate surface area is 151 Å². The molecule has 2 aliphatic rings. The second-order valence-corrected chi connectivity index (χ2v) is 5.87. The van der Waals surface area contributed by atoms with Gasteiger partial charge in [-0.3, -0.25) is 9.59 Å². The minimum atomic E-state index is -1.34. The fraction of sp³-hybridized carbons (Fsp3) is 0.0500. The number of hydrogen-bond donors (Lipinski definition) is 2. The average molecular weight is 363 g/mol. The quantitative estimate of drug-likeness (QED) is 0.542. The molecule has 0 unspecified atom stereocenters. The first-order valence-corrected chi connectivity index (χ1v) is 8.01. The van der Waals surface area contributed by atoms with E-state index in [2.05, 4.69) is 4.98 Å². The molecular weight excluding hydrogens is 350 g/mol. The summed E-state index contributed by atoms with van der Waals surface area (Å²) in [7, 11) is 1.49. The maximum Gasteiger partial charge on any atom is 0.338 e. The number of nitrogens with one attached hydrogen (secondary N) is 1. The molecule has 1 aliphatic carbocycles. The van der Waals surface area contributed by atoms with Gasteiger partial charge in [0.2, 0.25) is 10.8 Å². The van der Waals surface area contributed by atoms with E-state index >= 15 is 0 Å². The molecule has 0 atom stereocenters. The smallest absolute Gasteiger partial charge is 0.338 e. The van der Waals surface area contributed by atoms with Gasteiger partial charge in [-0.2, -0.15) is 0 Å². The van der Waals surface area contributed by atoms with Crippen molar-refractivity contribution in [3.05, 3.63) is 85.3 Å². The van der Waals surface area contributed by atoms with Crippen molar-refractivity contribution in [2.45, 2.75) is 0 Å². The number of rotatable bonds is 3. The molecule has 0 radical (unpaired) electrons. The molecular formula is C20H13NO6. The summed E-state index contributed by atoms with van der Waals surface area (Å²) in [6, 6.07) is 13.0. The minimum Gasteiger partial charge on any atom is -0.497 e. The van der Waals surface area contributed by atoms with Crippen molar-refractivity contribution in [1.29, 1.82) is 0 Å². The molecule has 27 heavy (non-hydrogen) atoms. The highest BCUT2D eigenvalue weighted by Gasteiger charge is 2.23. The Morgan fingerprint density at radius 3 is 2.41 bits per heavy atom. The summed E-state index contributed by atoms with van der Waals surface area (Å²) in [4.78, 5) is 40.3. The van der Waals surface area contributed by atoms with E-state index in [9.17, 15) is 19.5 Å². The summed E-state index contributed by atoms with van der Waals surface area (Å²) in [5, 5.41) is 9.75. The van der Waals surface area contributed by atoms with E-state index in [1.807, 2.05) is 0 Å². The number of ether oxygens (including phenoxy) is 1. The van der Waals surface area contributed by atoms with Gasteiger partial charge in [-0.25, -0.2) is 4.79 Å². The van der Waals surface area contributed by atoms with Gasteiger partial charge in [-0.05, 0) is 29.8 Å². The fourth-order valence-corrected chi connectivity index (χ4v) is 3.05. The van der Waals surface area contributed by atoms with Crippen LogP contribution in [0.3, 0.4) is 0 Å². The van der Waals surface area contributed by atoms with Gasteiger partial charge in [0.1, 0.15) is 11.1 Å². The molecule has 2 N–H and O–H groups in total. The van der Waals surface area contributed by atoms with Crippen LogP contribution < -0.4 is 15.6 Å². The zero-order valence-corrected chi connectivity index (χ0v) is 14.1. The second kappa shape index (κ2) is 6.14. The number of fused-ring (bicyclic) bond motifs is 1. The maximum atomic E-state index is 12.7. The topological polar surface area (TPSA) is 110 Å². The number of carbonyl (C=O) groups is 1. The molecule has 0 bridgehead atoms. The summed E-state index contributed by atoms with van der Waals surface area (Å²) in [6.45, 7) is 0. The van der Waals surface area contributed by atoms with Crippen molar-refractivity contribution in [1.82, 2.24) is 4.98 Å². The van der Waals surface area contributed by atoms with E-state index in [1.54, 1.807) is 36.4 Å². The molecule has 0 spiro atoms. The van der Waals surface area contributed by atoms with Gasteiger partial charge in [0.15, 0.2) is 5.58 Å². The molecule has 1 heterocycles. The molecule has 7 heteroatoms. The van der Waals surface area contributed by atoms with Gasteiger partial charge in [0.25, 0.3) is 5.43 Å². The van der Waals surface area contributed by atoms with E-state index in [0.717, 1.165) is 0 Å². The van der Waals surface area contributed by atoms with E-state index in [0.29, 0.717) is 22.4 Å². The van der Waals surface area contributed by atoms with Crippen molar-refractivity contribution in [2.75, 3.05) is 7.11 Å². The third kappa shape index (κ3) is 2.56. The normalized spacial score (nSPS) is 11.0. The van der Waals surface area contributed by atoms with Gasteiger partial charge in [-0.15, -0.1) is 0 Å². The average Bonchev–Trinajstić information content (AvgIpc) is 2.69. The van der Waals surface area contributed by atoms with Gasteiger partial charge < -0.3 is 19.2 Å². The van der Waals surface area contributed by atoms with Crippen LogP contribution in [0, 0.1) is 10.8 Å². The summed E-state index contributed by atoms with van der Waals surface area (Å²) in [5.41, 5.74) is -1.49. The predicted molar refractivity (Wildman–Crippen MR) is 97.4 cm³/mol. The van der Waals surface area contributed by atoms with E-state index in [-0.39, 0.29) is 21.9 Å². The highest BCUT2D eigenvalue weighted by molar-refractivity contribution is 5.96. The number of aromatic nitrogens is 1. The van der Waals surface area contributed by atoms with Crippen LogP contribution in [0.4, 0.5) is 0 Å². The molecule has 0 fully saturated rings. The lowest BCUT2D eigenvalue weighted by Crippen LogP contribution is -2.30. The van der Waals surface area contributed by atoms with E-state index < -0.39 is 16.8 Å². The fourth-order valence-electron chi connectivity index (χ4n) is 3.05. The van der Waals surface area contributed by atoms with Crippen LogP contribution >= 0.6 is 0 Å². The largest absolute Gasteiger partial charge is 0.497 e. The summed E-state index contributed by atoms with van der Waals surface area (Å²) in [5.74, 6) is -0.802. The van der Waals surface area contributed by atoms with Crippen LogP contribution in [-0.2, 0) is 0 Å². The number of benzene rings is 2. The monoisotopic (exact) mass is 363 g/mol. The Balaban J connectivity index is 2.21. The highest BCUT2D eigenvalue weighted by Crippen LogP contribution is 2.24. The van der Waals surface area contributed by atoms with Crippen molar-refractivity contribution in [2.24, 2.45) is 0 Å². The first-order chi connectivity index (χ1) is 13.0. The number of aromatic carboxylic acids is 1. The molecule has 134 valence electrons. The van der Waals surface area contributed by atoms with Gasteiger partial charge in [0, 0.05) is 0 Å². The predicted octanol–water partition coefficient (Wildman–Crippen LogP) is 2.58. The molecule has 0 amide bonds. The first-order valence-electron chi connectivity index (χ1n) is 8.01. The SMILES string of the molecule is COc1ccc(-c2c(C(=O)O)c3[nH]c4ccccc4oc=3c(=O)c2=O)cc1. The van der Waals surface area contributed by atoms with Crippen LogP contribution in [0.1, 0.15) is 10.4 Å². The van der Waals surface area contributed by atoms with Crippen LogP contribution in [0.2, 0.25) is 0 Å². The van der Waals surface area contributed by atoms with Gasteiger partial charge in [-0.1, -0.05) is 24.3 Å². The van der Waals surface area contributed by atoms with E-state index in [1.165, 1.54) is 19.2 Å². The Morgan fingerprint density at radius 1 is 1.04 bits per heavy atom. The number of aromatic amines is 1. The van der Waals surface area contributed by atoms with Crippen molar-refractivity contribution < 1.29 is 19.1 Å². The Hall–Kier alpha value is -3.87. The number of hydrogen-bond acceptors (Lipinski definition) is 5. The molecule has 0 saturated heterocycles. The summed E-state index contributed by atoms with van der Waals surface area (Å²) in [6.07, 6.45) is 0. The second-order valence-electron chi connectivity index (χ2n) is 5.87. The van der Waals surface area contributed by atoms with Crippen LogP contribution in [0.5, 0.6) is 5.75 Å². The number of para-hydroxylation sites is 2. The molecule has 0 saturated carbocycles. The molecule has 0 aromatic heterocycles. The lowest BCUT2D eigenvalue weighted by molar-refractivity contribution is 0.0695. The zero-order valence-electron chi connectivity index (χ0n) is 14.1. The zero-order chi connectivity index (χ0) is 19.1. The van der Waals surface area contributed by atoms with E-state index in [4.69, 9.17) is 9.15 Å². The number of carboxylic acid groups (broad SMARTS) is 1. The lowest BCUT2D eigenvalue weighted by atomic mass is 9.98. The van der Waals surface area contributed by atoms with Crippen LogP contribution in [0.15, 0.2) is 62.5 Å². The third-order valence-electron chi connectivity index (χ3n) is 4.32. The van der Waals surface area contributed by atoms with Crippen LogP contribution in [-0.4, -0.2) is 23.2 Å². The molecule has 1 aliphatic heterocycles. The Bertz CT molecular complexity index is 1370. The molecule has 2 aromatic carbocycles. The number of H-pyrrole nitrogens is 1. The Kier molecular flexibility index (Phi) is 3.77. The minimum absolute atomic E-state index is 0.0309. The lowest BCUT2D eigenvalue weighted by Gasteiger charge is -2.08.